The zero-order chi connectivity index (χ0) is 14.3. The largest absolute Gasteiger partial charge is 0.383 e. The van der Waals surface area contributed by atoms with E-state index in [1.54, 1.807) is 14.0 Å². The van der Waals surface area contributed by atoms with Crippen LogP contribution >= 0.6 is 11.5 Å². The van der Waals surface area contributed by atoms with Crippen molar-refractivity contribution in [2.45, 2.75) is 20.3 Å². The monoisotopic (exact) mass is 285 g/mol. The molecular formula is C12H19N3O3S. The summed E-state index contributed by atoms with van der Waals surface area (Å²) in [6, 6.07) is 0. The molecule has 0 spiro atoms. The molecule has 0 bridgehead atoms. The van der Waals surface area contributed by atoms with Gasteiger partial charge in [-0.1, -0.05) is 0 Å². The predicted octanol–water partition coefficient (Wildman–Crippen LogP) is 1.22. The number of rotatable bonds is 8. The molecule has 1 amide bonds. The minimum atomic E-state index is -0.0461. The fourth-order valence-electron chi connectivity index (χ4n) is 1.58. The van der Waals surface area contributed by atoms with Gasteiger partial charge in [-0.3, -0.25) is 9.59 Å². The molecule has 0 fully saturated rings. The average molecular weight is 285 g/mol. The smallest absolute Gasteiger partial charge is 0.221 e. The topological polar surface area (TPSA) is 80.3 Å². The van der Waals surface area contributed by atoms with Gasteiger partial charge in [0.05, 0.1) is 17.9 Å². The van der Waals surface area contributed by atoms with Crippen molar-refractivity contribution in [1.82, 2.24) is 9.69 Å². The van der Waals surface area contributed by atoms with E-state index in [0.29, 0.717) is 31.7 Å². The first-order valence-electron chi connectivity index (χ1n) is 6.03. The van der Waals surface area contributed by atoms with E-state index in [1.165, 1.54) is 18.5 Å². The highest BCUT2D eigenvalue weighted by molar-refractivity contribution is 7.10. The molecule has 1 aromatic rings. The van der Waals surface area contributed by atoms with E-state index in [-0.39, 0.29) is 11.7 Å². The quantitative estimate of drug-likeness (QED) is 0.554. The number of carbonyl (C=O) groups excluding carboxylic acids is 2. The molecule has 0 aliphatic carbocycles. The molecule has 0 aliphatic rings. The summed E-state index contributed by atoms with van der Waals surface area (Å²) in [5, 5.41) is 6.54. The van der Waals surface area contributed by atoms with Crippen LogP contribution in [0.3, 0.4) is 0 Å². The SMILES string of the molecule is COCCNC(=O)CCNc1snc(C)c1C(C)=O. The Balaban J connectivity index is 2.37. The minimum absolute atomic E-state index is 0.0155. The molecule has 19 heavy (non-hydrogen) atoms. The van der Waals surface area contributed by atoms with Gasteiger partial charge in [0.25, 0.3) is 0 Å². The number of nitrogens with zero attached hydrogens (tertiary/aromatic N) is 1. The molecule has 7 heteroatoms. The maximum absolute atomic E-state index is 11.5. The van der Waals surface area contributed by atoms with Crippen LogP contribution in [0.2, 0.25) is 0 Å². The maximum atomic E-state index is 11.5. The van der Waals surface area contributed by atoms with Crippen LogP contribution in [0.1, 0.15) is 29.4 Å². The lowest BCUT2D eigenvalue weighted by molar-refractivity contribution is -0.121. The standard InChI is InChI=1S/C12H19N3O3S/c1-8-11(9(2)16)12(19-15-8)14-5-4-10(17)13-6-7-18-3/h14H,4-7H2,1-3H3,(H,13,17). The van der Waals surface area contributed by atoms with Gasteiger partial charge >= 0.3 is 0 Å². The number of aryl methyl sites for hydroxylation is 1. The molecule has 0 aliphatic heterocycles. The molecule has 0 saturated carbocycles. The third-order valence-electron chi connectivity index (χ3n) is 2.48. The summed E-state index contributed by atoms with van der Waals surface area (Å²) < 4.78 is 8.97. The van der Waals surface area contributed by atoms with Gasteiger partial charge in [0, 0.05) is 26.6 Å². The summed E-state index contributed by atoms with van der Waals surface area (Å²) in [7, 11) is 1.59. The normalized spacial score (nSPS) is 10.3. The Morgan fingerprint density at radius 2 is 2.11 bits per heavy atom. The van der Waals surface area contributed by atoms with Crippen molar-refractivity contribution in [2.24, 2.45) is 0 Å². The van der Waals surface area contributed by atoms with Gasteiger partial charge in [-0.2, -0.15) is 4.37 Å². The fraction of sp³-hybridized carbons (Fsp3) is 0.583. The minimum Gasteiger partial charge on any atom is -0.383 e. The molecule has 106 valence electrons. The first-order chi connectivity index (χ1) is 9.06. The Kier molecular flexibility index (Phi) is 6.44. The number of carbonyl (C=O) groups is 2. The van der Waals surface area contributed by atoms with Crippen LogP contribution in [-0.2, 0) is 9.53 Å². The van der Waals surface area contributed by atoms with Gasteiger partial charge in [0.15, 0.2) is 5.78 Å². The molecule has 0 aromatic carbocycles. The molecule has 1 heterocycles. The Morgan fingerprint density at radius 3 is 2.74 bits per heavy atom. The summed E-state index contributed by atoms with van der Waals surface area (Å²) in [5.41, 5.74) is 1.34. The van der Waals surface area contributed by atoms with Gasteiger partial charge < -0.3 is 15.4 Å². The lowest BCUT2D eigenvalue weighted by Gasteiger charge is -2.06. The number of ether oxygens (including phenoxy) is 1. The highest BCUT2D eigenvalue weighted by Gasteiger charge is 2.14. The van der Waals surface area contributed by atoms with Crippen molar-refractivity contribution in [3.63, 3.8) is 0 Å². The molecule has 1 rings (SSSR count). The molecule has 1 aromatic heterocycles. The number of ketones is 1. The number of hydrogen-bond acceptors (Lipinski definition) is 6. The van der Waals surface area contributed by atoms with Gasteiger partial charge in [0.2, 0.25) is 5.91 Å². The van der Waals surface area contributed by atoms with E-state index in [4.69, 9.17) is 4.74 Å². The first-order valence-corrected chi connectivity index (χ1v) is 6.80. The van der Waals surface area contributed by atoms with Crippen LogP contribution in [-0.4, -0.2) is 42.9 Å². The van der Waals surface area contributed by atoms with E-state index in [9.17, 15) is 9.59 Å². The lowest BCUT2D eigenvalue weighted by atomic mass is 10.2. The van der Waals surface area contributed by atoms with Crippen molar-refractivity contribution in [3.05, 3.63) is 11.3 Å². The van der Waals surface area contributed by atoms with Crippen molar-refractivity contribution in [2.75, 3.05) is 32.1 Å². The van der Waals surface area contributed by atoms with Crippen LogP contribution in [0.15, 0.2) is 0 Å². The van der Waals surface area contributed by atoms with Crippen molar-refractivity contribution < 1.29 is 14.3 Å². The Morgan fingerprint density at radius 1 is 1.37 bits per heavy atom. The highest BCUT2D eigenvalue weighted by Crippen LogP contribution is 2.24. The second-order valence-corrected chi connectivity index (χ2v) is 4.82. The summed E-state index contributed by atoms with van der Waals surface area (Å²) in [5.74, 6) is -0.0616. The van der Waals surface area contributed by atoms with Gasteiger partial charge in [-0.05, 0) is 25.4 Å². The zero-order valence-electron chi connectivity index (χ0n) is 11.4. The van der Waals surface area contributed by atoms with E-state index in [0.717, 1.165) is 10.7 Å². The Hall–Kier alpha value is -1.47. The van der Waals surface area contributed by atoms with Gasteiger partial charge in [0.1, 0.15) is 5.00 Å². The second kappa shape index (κ2) is 7.85. The van der Waals surface area contributed by atoms with E-state index in [1.807, 2.05) is 0 Å². The summed E-state index contributed by atoms with van der Waals surface area (Å²) in [6.07, 6.45) is 0.345. The predicted molar refractivity (Wildman–Crippen MR) is 74.8 cm³/mol. The number of hydrogen-bond donors (Lipinski definition) is 2. The lowest BCUT2D eigenvalue weighted by Crippen LogP contribution is -2.28. The third kappa shape index (κ3) is 4.96. The number of Topliss-reactive ketones (excluding diaryl/α,β-unsaturated/α-hetero) is 1. The number of methoxy groups -OCH3 is 1. The van der Waals surface area contributed by atoms with Gasteiger partial charge in [-0.25, -0.2) is 0 Å². The van der Waals surface area contributed by atoms with Crippen LogP contribution < -0.4 is 10.6 Å². The van der Waals surface area contributed by atoms with Crippen LogP contribution in [0.5, 0.6) is 0 Å². The first kappa shape index (κ1) is 15.6. The Labute approximate surface area is 116 Å². The highest BCUT2D eigenvalue weighted by atomic mass is 32.1. The maximum Gasteiger partial charge on any atom is 0.221 e. The van der Waals surface area contributed by atoms with Crippen molar-refractivity contribution in [3.8, 4) is 0 Å². The zero-order valence-corrected chi connectivity index (χ0v) is 12.2. The number of nitrogens with one attached hydrogen (secondary N) is 2. The van der Waals surface area contributed by atoms with Crippen molar-refractivity contribution in [1.29, 1.82) is 0 Å². The van der Waals surface area contributed by atoms with E-state index < -0.39 is 0 Å². The third-order valence-corrected chi connectivity index (χ3v) is 3.38. The average Bonchev–Trinajstić information content (AvgIpc) is 2.71. The molecule has 0 atom stereocenters. The molecule has 0 saturated heterocycles. The van der Waals surface area contributed by atoms with E-state index >= 15 is 0 Å². The molecule has 0 unspecified atom stereocenters. The Bertz CT molecular complexity index is 445. The fourth-order valence-corrected chi connectivity index (χ4v) is 2.44. The van der Waals surface area contributed by atoms with Crippen LogP contribution in [0, 0.1) is 6.92 Å². The van der Waals surface area contributed by atoms with Crippen molar-refractivity contribution >= 4 is 28.2 Å². The van der Waals surface area contributed by atoms with E-state index in [2.05, 4.69) is 15.0 Å². The summed E-state index contributed by atoms with van der Waals surface area (Å²) in [6.45, 7) is 4.80. The summed E-state index contributed by atoms with van der Waals surface area (Å²) >= 11 is 1.24. The van der Waals surface area contributed by atoms with Gasteiger partial charge in [-0.15, -0.1) is 0 Å². The number of amides is 1. The summed E-state index contributed by atoms with van der Waals surface area (Å²) in [4.78, 5) is 22.9. The molecule has 2 N–H and O–H groups in total. The number of aromatic nitrogens is 1. The second-order valence-electron chi connectivity index (χ2n) is 4.05. The molecule has 6 nitrogen and oxygen atoms in total. The molecule has 0 radical (unpaired) electrons. The van der Waals surface area contributed by atoms with Crippen LogP contribution in [0.4, 0.5) is 5.00 Å². The number of anilines is 1. The van der Waals surface area contributed by atoms with Crippen LogP contribution in [0.25, 0.3) is 0 Å². The molecular weight excluding hydrogens is 266 g/mol.